The van der Waals surface area contributed by atoms with Crippen LogP contribution in [0.25, 0.3) is 0 Å². The Morgan fingerprint density at radius 2 is 1.75 bits per heavy atom. The molecule has 0 aliphatic rings. The van der Waals surface area contributed by atoms with Crippen LogP contribution in [0.1, 0.15) is 56.9 Å². The van der Waals surface area contributed by atoms with Gasteiger partial charge in [-0.3, -0.25) is 4.79 Å². The second-order valence-electron chi connectivity index (χ2n) is 5.27. The zero-order chi connectivity index (χ0) is 14.6. The zero-order valence-electron chi connectivity index (χ0n) is 12.5. The Morgan fingerprint density at radius 3 is 2.40 bits per heavy atom. The number of carboxylic acid groups (broad SMARTS) is 1. The van der Waals surface area contributed by atoms with E-state index in [2.05, 4.69) is 12.2 Å². The quantitative estimate of drug-likeness (QED) is 0.605. The molecule has 2 N–H and O–H groups in total. The molecule has 1 atom stereocenters. The highest BCUT2D eigenvalue weighted by atomic mass is 16.4. The largest absolute Gasteiger partial charge is 0.481 e. The summed E-state index contributed by atoms with van der Waals surface area (Å²) in [4.78, 5) is 11.3. The first-order valence-electron chi connectivity index (χ1n) is 7.74. The van der Waals surface area contributed by atoms with Crippen molar-refractivity contribution in [2.75, 3.05) is 13.1 Å². The smallest absolute Gasteiger partial charge is 0.312 e. The van der Waals surface area contributed by atoms with Gasteiger partial charge in [-0.05, 0) is 18.5 Å². The molecule has 1 rings (SSSR count). The molecule has 3 heteroatoms. The van der Waals surface area contributed by atoms with Crippen molar-refractivity contribution in [3.05, 3.63) is 35.9 Å². The monoisotopic (exact) mass is 277 g/mol. The number of benzene rings is 1. The highest BCUT2D eigenvalue weighted by Crippen LogP contribution is 2.14. The number of hydrogen-bond acceptors (Lipinski definition) is 2. The molecular weight excluding hydrogens is 250 g/mol. The molecule has 0 fully saturated rings. The summed E-state index contributed by atoms with van der Waals surface area (Å²) in [6, 6.07) is 9.45. The van der Waals surface area contributed by atoms with Crippen molar-refractivity contribution < 1.29 is 9.90 Å². The van der Waals surface area contributed by atoms with Crippen LogP contribution < -0.4 is 5.32 Å². The minimum atomic E-state index is -0.758. The average Bonchev–Trinajstić information content (AvgIpc) is 2.46. The van der Waals surface area contributed by atoms with E-state index in [1.807, 2.05) is 30.3 Å². The number of carbonyl (C=O) groups is 1. The number of hydrogen-bond donors (Lipinski definition) is 2. The van der Waals surface area contributed by atoms with Crippen molar-refractivity contribution in [3.8, 4) is 0 Å². The predicted octanol–water partition coefficient (Wildman–Crippen LogP) is 3.80. The summed E-state index contributed by atoms with van der Waals surface area (Å²) in [5.74, 6) is -1.21. The van der Waals surface area contributed by atoms with Gasteiger partial charge in [-0.15, -0.1) is 0 Å². The first-order chi connectivity index (χ1) is 9.75. The maximum atomic E-state index is 11.3. The summed E-state index contributed by atoms with van der Waals surface area (Å²) >= 11 is 0. The molecule has 112 valence electrons. The van der Waals surface area contributed by atoms with Crippen LogP contribution in [0.15, 0.2) is 30.3 Å². The summed E-state index contributed by atoms with van der Waals surface area (Å²) < 4.78 is 0. The minimum Gasteiger partial charge on any atom is -0.481 e. The second-order valence-corrected chi connectivity index (χ2v) is 5.27. The first-order valence-corrected chi connectivity index (χ1v) is 7.74. The molecule has 3 nitrogen and oxygen atoms in total. The summed E-state index contributed by atoms with van der Waals surface area (Å²) in [7, 11) is 0. The van der Waals surface area contributed by atoms with Crippen molar-refractivity contribution >= 4 is 5.97 Å². The molecule has 0 aliphatic carbocycles. The molecule has 0 spiro atoms. The maximum Gasteiger partial charge on any atom is 0.312 e. The molecule has 0 aliphatic heterocycles. The number of aliphatic carboxylic acids is 1. The molecule has 1 aromatic rings. The SMILES string of the molecule is CCCCCCCCNCC(C(=O)O)c1ccccc1. The van der Waals surface area contributed by atoms with Crippen molar-refractivity contribution in [2.45, 2.75) is 51.4 Å². The van der Waals surface area contributed by atoms with E-state index in [0.717, 1.165) is 18.5 Å². The van der Waals surface area contributed by atoms with E-state index >= 15 is 0 Å². The van der Waals surface area contributed by atoms with Crippen LogP contribution in [0.2, 0.25) is 0 Å². The summed E-state index contributed by atoms with van der Waals surface area (Å²) in [6.07, 6.45) is 7.56. The molecule has 20 heavy (non-hydrogen) atoms. The van der Waals surface area contributed by atoms with Gasteiger partial charge in [-0.2, -0.15) is 0 Å². The Morgan fingerprint density at radius 1 is 1.10 bits per heavy atom. The number of unbranched alkanes of at least 4 members (excludes halogenated alkanes) is 5. The molecular formula is C17H27NO2. The molecule has 0 heterocycles. The van der Waals surface area contributed by atoms with Crippen molar-refractivity contribution in [1.82, 2.24) is 5.32 Å². The van der Waals surface area contributed by atoms with Crippen LogP contribution in [-0.2, 0) is 4.79 Å². The number of rotatable bonds is 11. The molecule has 0 saturated heterocycles. The van der Waals surface area contributed by atoms with Crippen LogP contribution in [0.3, 0.4) is 0 Å². The normalized spacial score (nSPS) is 12.2. The van der Waals surface area contributed by atoms with E-state index in [1.54, 1.807) is 0 Å². The standard InChI is InChI=1S/C17H27NO2/c1-2-3-4-5-6-10-13-18-14-16(17(19)20)15-11-8-7-9-12-15/h7-9,11-12,16,18H,2-6,10,13-14H2,1H3,(H,19,20). The second kappa shape index (κ2) is 10.4. The summed E-state index contributed by atoms with van der Waals surface area (Å²) in [5.41, 5.74) is 0.871. The van der Waals surface area contributed by atoms with Crippen molar-refractivity contribution in [1.29, 1.82) is 0 Å². The Balaban J connectivity index is 2.19. The van der Waals surface area contributed by atoms with Gasteiger partial charge in [0.05, 0.1) is 5.92 Å². The first kappa shape index (κ1) is 16.7. The van der Waals surface area contributed by atoms with Crippen LogP contribution in [0, 0.1) is 0 Å². The van der Waals surface area contributed by atoms with Gasteiger partial charge >= 0.3 is 5.97 Å². The third kappa shape index (κ3) is 6.71. The third-order valence-corrected chi connectivity index (χ3v) is 3.56. The molecule has 0 saturated carbocycles. The van der Waals surface area contributed by atoms with Crippen LogP contribution >= 0.6 is 0 Å². The maximum absolute atomic E-state index is 11.3. The Labute approximate surface area is 122 Å². The Kier molecular flexibility index (Phi) is 8.72. The molecule has 0 amide bonds. The summed E-state index contributed by atoms with van der Waals surface area (Å²) in [6.45, 7) is 3.63. The van der Waals surface area contributed by atoms with E-state index in [0.29, 0.717) is 6.54 Å². The lowest BCUT2D eigenvalue weighted by atomic mass is 9.99. The third-order valence-electron chi connectivity index (χ3n) is 3.56. The van der Waals surface area contributed by atoms with Gasteiger partial charge in [0, 0.05) is 6.54 Å². The van der Waals surface area contributed by atoms with E-state index in [9.17, 15) is 9.90 Å². The van der Waals surface area contributed by atoms with Gasteiger partial charge < -0.3 is 10.4 Å². The highest BCUT2D eigenvalue weighted by Gasteiger charge is 2.18. The Bertz CT molecular complexity index is 365. The van der Waals surface area contributed by atoms with Crippen LogP contribution in [0.5, 0.6) is 0 Å². The van der Waals surface area contributed by atoms with Gasteiger partial charge in [0.2, 0.25) is 0 Å². The van der Waals surface area contributed by atoms with E-state index < -0.39 is 11.9 Å². The van der Waals surface area contributed by atoms with Crippen molar-refractivity contribution in [3.63, 3.8) is 0 Å². The molecule has 0 bridgehead atoms. The van der Waals surface area contributed by atoms with E-state index in [1.165, 1.54) is 32.1 Å². The lowest BCUT2D eigenvalue weighted by molar-refractivity contribution is -0.138. The van der Waals surface area contributed by atoms with Gasteiger partial charge in [-0.25, -0.2) is 0 Å². The van der Waals surface area contributed by atoms with Crippen molar-refractivity contribution in [2.24, 2.45) is 0 Å². The van der Waals surface area contributed by atoms with Crippen LogP contribution in [-0.4, -0.2) is 24.2 Å². The molecule has 0 radical (unpaired) electrons. The molecule has 1 aromatic carbocycles. The topological polar surface area (TPSA) is 49.3 Å². The Hall–Kier alpha value is -1.35. The van der Waals surface area contributed by atoms with Gasteiger partial charge in [0.1, 0.15) is 0 Å². The molecule has 1 unspecified atom stereocenters. The fourth-order valence-corrected chi connectivity index (χ4v) is 2.31. The fourth-order valence-electron chi connectivity index (χ4n) is 2.31. The lowest BCUT2D eigenvalue weighted by Crippen LogP contribution is -2.27. The van der Waals surface area contributed by atoms with Gasteiger partial charge in [0.25, 0.3) is 0 Å². The average molecular weight is 277 g/mol. The highest BCUT2D eigenvalue weighted by molar-refractivity contribution is 5.76. The van der Waals surface area contributed by atoms with Gasteiger partial charge in [0.15, 0.2) is 0 Å². The summed E-state index contributed by atoms with van der Waals surface area (Å²) in [5, 5.41) is 12.6. The van der Waals surface area contributed by atoms with E-state index in [4.69, 9.17) is 0 Å². The van der Waals surface area contributed by atoms with Crippen LogP contribution in [0.4, 0.5) is 0 Å². The number of carboxylic acids is 1. The zero-order valence-corrected chi connectivity index (χ0v) is 12.5. The van der Waals surface area contributed by atoms with E-state index in [-0.39, 0.29) is 0 Å². The lowest BCUT2D eigenvalue weighted by Gasteiger charge is -2.13. The minimum absolute atomic E-state index is 0.448. The number of nitrogens with one attached hydrogen (secondary N) is 1. The molecule has 0 aromatic heterocycles. The van der Waals surface area contributed by atoms with Gasteiger partial charge in [-0.1, -0.05) is 69.4 Å². The fraction of sp³-hybridized carbons (Fsp3) is 0.588. The predicted molar refractivity (Wildman–Crippen MR) is 83.1 cm³/mol.